The molecule has 0 aliphatic heterocycles. The summed E-state index contributed by atoms with van der Waals surface area (Å²) in [6, 6.07) is 0. The second-order valence-corrected chi connectivity index (χ2v) is 3.79. The first kappa shape index (κ1) is 7.88. The second-order valence-electron chi connectivity index (χ2n) is 2.12. The number of hydrogen-bond donors (Lipinski definition) is 0. The molecule has 0 aliphatic carbocycles. The van der Waals surface area contributed by atoms with Gasteiger partial charge in [-0.2, -0.15) is 4.98 Å². The molecule has 0 saturated carbocycles. The van der Waals surface area contributed by atoms with Crippen LogP contribution in [0.25, 0.3) is 10.9 Å². The zero-order valence-electron chi connectivity index (χ0n) is 6.11. The van der Waals surface area contributed by atoms with E-state index < -0.39 is 0 Å². The maximum atomic E-state index is 4.93. The van der Waals surface area contributed by atoms with Gasteiger partial charge in [-0.05, 0) is 22.9 Å². The van der Waals surface area contributed by atoms with Gasteiger partial charge in [0.05, 0.1) is 0 Å². The molecule has 0 unspecified atom stereocenters. The molecular weight excluding hydrogens is 242 g/mol. The maximum absolute atomic E-state index is 4.93. The van der Waals surface area contributed by atoms with Crippen molar-refractivity contribution in [3.05, 3.63) is 15.8 Å². The average molecular weight is 246 g/mol. The minimum atomic E-state index is 0.475. The molecule has 0 saturated heterocycles. The highest BCUT2D eigenvalue weighted by atomic mass is 79.9. The Morgan fingerprint density at radius 3 is 2.83 bits per heavy atom. The third-order valence-corrected chi connectivity index (χ3v) is 2.73. The summed E-state index contributed by atoms with van der Waals surface area (Å²) in [5.41, 5.74) is 0. The lowest BCUT2D eigenvalue weighted by Crippen LogP contribution is -1.75. The molecular formula is C6H4BrN3OS. The molecule has 0 aromatic carbocycles. The summed E-state index contributed by atoms with van der Waals surface area (Å²) in [5.74, 6) is 1.10. The SMILES string of the molecule is Cc1noc(-c2nc(Br)cs2)n1. The van der Waals surface area contributed by atoms with E-state index in [0.717, 1.165) is 9.61 Å². The van der Waals surface area contributed by atoms with Gasteiger partial charge in [0.15, 0.2) is 10.8 Å². The van der Waals surface area contributed by atoms with Gasteiger partial charge >= 0.3 is 0 Å². The van der Waals surface area contributed by atoms with Crippen molar-refractivity contribution in [3.63, 3.8) is 0 Å². The monoisotopic (exact) mass is 245 g/mol. The molecule has 0 amide bonds. The minimum Gasteiger partial charge on any atom is -0.331 e. The van der Waals surface area contributed by atoms with Gasteiger partial charge in [-0.25, -0.2) is 4.98 Å². The molecule has 2 aromatic rings. The first-order valence-corrected chi connectivity index (χ1v) is 4.84. The Morgan fingerprint density at radius 2 is 2.33 bits per heavy atom. The zero-order chi connectivity index (χ0) is 8.55. The summed E-state index contributed by atoms with van der Waals surface area (Å²) < 4.78 is 5.72. The summed E-state index contributed by atoms with van der Waals surface area (Å²) in [4.78, 5) is 8.18. The Bertz CT molecular complexity index is 359. The number of hydrogen-bond acceptors (Lipinski definition) is 5. The van der Waals surface area contributed by atoms with Gasteiger partial charge in [-0.1, -0.05) is 5.16 Å². The van der Waals surface area contributed by atoms with Crippen molar-refractivity contribution in [2.75, 3.05) is 0 Å². The van der Waals surface area contributed by atoms with Crippen LogP contribution in [0.5, 0.6) is 0 Å². The van der Waals surface area contributed by atoms with Crippen LogP contribution < -0.4 is 0 Å². The second kappa shape index (κ2) is 2.95. The molecule has 2 heterocycles. The molecule has 0 spiro atoms. The van der Waals surface area contributed by atoms with E-state index in [1.165, 1.54) is 11.3 Å². The summed E-state index contributed by atoms with van der Waals surface area (Å²) >= 11 is 4.71. The van der Waals surface area contributed by atoms with Crippen molar-refractivity contribution in [1.82, 2.24) is 15.1 Å². The molecule has 0 radical (unpaired) electrons. The van der Waals surface area contributed by atoms with Crippen molar-refractivity contribution in [3.8, 4) is 10.9 Å². The molecule has 62 valence electrons. The Hall–Kier alpha value is -0.750. The fourth-order valence-electron chi connectivity index (χ4n) is 0.736. The van der Waals surface area contributed by atoms with Crippen LogP contribution in [-0.2, 0) is 0 Å². The lowest BCUT2D eigenvalue weighted by molar-refractivity contribution is 0.425. The van der Waals surface area contributed by atoms with Crippen molar-refractivity contribution < 1.29 is 4.52 Å². The predicted molar refractivity (Wildman–Crippen MR) is 47.8 cm³/mol. The number of halogens is 1. The molecule has 4 nitrogen and oxygen atoms in total. The maximum Gasteiger partial charge on any atom is 0.286 e. The van der Waals surface area contributed by atoms with Gasteiger partial charge in [0.25, 0.3) is 5.89 Å². The van der Waals surface area contributed by atoms with Crippen molar-refractivity contribution in [1.29, 1.82) is 0 Å². The average Bonchev–Trinajstić information content (AvgIpc) is 2.58. The van der Waals surface area contributed by atoms with Crippen LogP contribution in [0.2, 0.25) is 0 Å². The molecule has 0 N–H and O–H groups in total. The van der Waals surface area contributed by atoms with Crippen molar-refractivity contribution in [2.45, 2.75) is 6.92 Å². The van der Waals surface area contributed by atoms with Gasteiger partial charge in [0, 0.05) is 5.38 Å². The lowest BCUT2D eigenvalue weighted by Gasteiger charge is -1.80. The summed E-state index contributed by atoms with van der Waals surface area (Å²) in [5, 5.41) is 6.28. The van der Waals surface area contributed by atoms with Crippen LogP contribution in [0.3, 0.4) is 0 Å². The van der Waals surface area contributed by atoms with Crippen LogP contribution in [0.1, 0.15) is 5.82 Å². The van der Waals surface area contributed by atoms with Gasteiger partial charge in [0.1, 0.15) is 4.60 Å². The molecule has 12 heavy (non-hydrogen) atoms. The van der Waals surface area contributed by atoms with Crippen LogP contribution in [0, 0.1) is 6.92 Å². The molecule has 0 fully saturated rings. The highest BCUT2D eigenvalue weighted by molar-refractivity contribution is 9.10. The number of nitrogens with zero attached hydrogens (tertiary/aromatic N) is 3. The van der Waals surface area contributed by atoms with Gasteiger partial charge in [-0.3, -0.25) is 0 Å². The third-order valence-electron chi connectivity index (χ3n) is 1.19. The number of aryl methyl sites for hydroxylation is 1. The first-order valence-electron chi connectivity index (χ1n) is 3.17. The largest absolute Gasteiger partial charge is 0.331 e. The first-order chi connectivity index (χ1) is 5.75. The van der Waals surface area contributed by atoms with E-state index in [2.05, 4.69) is 31.1 Å². The molecule has 0 aliphatic rings. The zero-order valence-corrected chi connectivity index (χ0v) is 8.52. The van der Waals surface area contributed by atoms with Crippen LogP contribution in [0.4, 0.5) is 0 Å². The van der Waals surface area contributed by atoms with E-state index in [1.807, 2.05) is 5.38 Å². The molecule has 6 heteroatoms. The van der Waals surface area contributed by atoms with Crippen LogP contribution in [0.15, 0.2) is 14.5 Å². The number of rotatable bonds is 1. The van der Waals surface area contributed by atoms with Gasteiger partial charge in [0.2, 0.25) is 0 Å². The summed E-state index contributed by atoms with van der Waals surface area (Å²) in [6.07, 6.45) is 0. The van der Waals surface area contributed by atoms with E-state index >= 15 is 0 Å². The normalized spacial score (nSPS) is 10.5. The number of aromatic nitrogens is 3. The number of thiazole rings is 1. The van der Waals surface area contributed by atoms with E-state index in [4.69, 9.17) is 4.52 Å². The van der Waals surface area contributed by atoms with Crippen LogP contribution >= 0.6 is 27.3 Å². The van der Waals surface area contributed by atoms with E-state index in [-0.39, 0.29) is 0 Å². The Morgan fingerprint density at radius 1 is 1.50 bits per heavy atom. The summed E-state index contributed by atoms with van der Waals surface area (Å²) in [6.45, 7) is 1.77. The third kappa shape index (κ3) is 1.39. The van der Waals surface area contributed by atoms with E-state index in [1.54, 1.807) is 6.92 Å². The molecule has 0 atom stereocenters. The predicted octanol–water partition coefficient (Wildman–Crippen LogP) is 2.26. The Balaban J connectivity index is 2.43. The molecule has 2 aromatic heterocycles. The van der Waals surface area contributed by atoms with Crippen molar-refractivity contribution >= 4 is 27.3 Å². The van der Waals surface area contributed by atoms with Crippen LogP contribution in [-0.4, -0.2) is 15.1 Å². The summed E-state index contributed by atoms with van der Waals surface area (Å²) in [7, 11) is 0. The van der Waals surface area contributed by atoms with Gasteiger partial charge < -0.3 is 4.52 Å². The Kier molecular flexibility index (Phi) is 1.93. The highest BCUT2D eigenvalue weighted by Crippen LogP contribution is 2.23. The highest BCUT2D eigenvalue weighted by Gasteiger charge is 2.09. The lowest BCUT2D eigenvalue weighted by atomic mass is 10.6. The molecule has 0 bridgehead atoms. The smallest absolute Gasteiger partial charge is 0.286 e. The van der Waals surface area contributed by atoms with Crippen molar-refractivity contribution in [2.24, 2.45) is 0 Å². The van der Waals surface area contributed by atoms with Gasteiger partial charge in [-0.15, -0.1) is 11.3 Å². The topological polar surface area (TPSA) is 51.8 Å². The molecule has 2 rings (SSSR count). The quantitative estimate of drug-likeness (QED) is 0.774. The van der Waals surface area contributed by atoms with E-state index in [9.17, 15) is 0 Å². The minimum absolute atomic E-state index is 0.475. The standard InChI is InChI=1S/C6H4BrN3OS/c1-3-8-5(11-10-3)6-9-4(7)2-12-6/h2H,1H3. The van der Waals surface area contributed by atoms with E-state index in [0.29, 0.717) is 11.7 Å². The fraction of sp³-hybridized carbons (Fsp3) is 0.167. The fourth-order valence-corrected chi connectivity index (χ4v) is 1.91. The Labute approximate surface area is 80.8 Å².